The van der Waals surface area contributed by atoms with Gasteiger partial charge < -0.3 is 4.74 Å². The van der Waals surface area contributed by atoms with Gasteiger partial charge in [0, 0.05) is 19.7 Å². The molecular formula is C14H14F3N3O2. The molecule has 1 aliphatic rings. The normalized spacial score (nSPS) is 19.5. The van der Waals surface area contributed by atoms with E-state index in [1.165, 1.54) is 11.6 Å². The highest BCUT2D eigenvalue weighted by molar-refractivity contribution is 6.04. The number of halogens is 3. The number of ether oxygens (including phenoxy) is 1. The van der Waals surface area contributed by atoms with E-state index in [0.29, 0.717) is 13.0 Å². The van der Waals surface area contributed by atoms with Crippen molar-refractivity contribution >= 4 is 16.8 Å². The Morgan fingerprint density at radius 1 is 1.41 bits per heavy atom. The molecule has 0 aliphatic carbocycles. The van der Waals surface area contributed by atoms with Gasteiger partial charge in [-0.25, -0.2) is 9.67 Å². The minimum Gasteiger partial charge on any atom is -0.356 e. The van der Waals surface area contributed by atoms with Crippen LogP contribution in [-0.2, 0) is 10.9 Å². The number of hydrogen-bond acceptors (Lipinski definition) is 4. The first-order chi connectivity index (χ1) is 10.4. The number of carbonyl (C=O) groups is 1. The molecule has 22 heavy (non-hydrogen) atoms. The standard InChI is InChI=1S/C14H14F3N3O2/c1-8(21)12-10-6-9(14(15,16)17)7-18-13(10)20(19-12)11-4-2-3-5-22-11/h6-7,11H,2-5H2,1H3. The van der Waals surface area contributed by atoms with Gasteiger partial charge in [-0.1, -0.05) is 0 Å². The van der Waals surface area contributed by atoms with E-state index in [9.17, 15) is 18.0 Å². The molecule has 2 aromatic heterocycles. The van der Waals surface area contributed by atoms with Crippen molar-refractivity contribution in [2.75, 3.05) is 6.61 Å². The van der Waals surface area contributed by atoms with Crippen molar-refractivity contribution in [1.29, 1.82) is 0 Å². The molecule has 1 saturated heterocycles. The topological polar surface area (TPSA) is 57.0 Å². The van der Waals surface area contributed by atoms with Crippen molar-refractivity contribution in [3.63, 3.8) is 0 Å². The fourth-order valence-corrected chi connectivity index (χ4v) is 2.56. The van der Waals surface area contributed by atoms with Crippen LogP contribution in [0.2, 0.25) is 0 Å². The molecule has 3 rings (SSSR count). The summed E-state index contributed by atoms with van der Waals surface area (Å²) in [6, 6.07) is 0.922. The van der Waals surface area contributed by atoms with Crippen LogP contribution in [0, 0.1) is 0 Å². The van der Waals surface area contributed by atoms with Gasteiger partial charge in [0.25, 0.3) is 0 Å². The van der Waals surface area contributed by atoms with Gasteiger partial charge in [-0.3, -0.25) is 4.79 Å². The molecular weight excluding hydrogens is 299 g/mol. The SMILES string of the molecule is CC(=O)c1nn(C2CCCCO2)c2ncc(C(F)(F)F)cc12. The van der Waals surface area contributed by atoms with E-state index in [0.717, 1.165) is 25.1 Å². The molecule has 0 amide bonds. The van der Waals surface area contributed by atoms with Crippen LogP contribution in [0.15, 0.2) is 12.3 Å². The van der Waals surface area contributed by atoms with Crippen LogP contribution in [0.4, 0.5) is 13.2 Å². The summed E-state index contributed by atoms with van der Waals surface area (Å²) in [7, 11) is 0. The van der Waals surface area contributed by atoms with Gasteiger partial charge in [-0.15, -0.1) is 0 Å². The highest BCUT2D eigenvalue weighted by Crippen LogP contribution is 2.33. The summed E-state index contributed by atoms with van der Waals surface area (Å²) in [4.78, 5) is 15.6. The number of pyridine rings is 1. The van der Waals surface area contributed by atoms with Crippen molar-refractivity contribution in [2.24, 2.45) is 0 Å². The monoisotopic (exact) mass is 313 g/mol. The molecule has 0 bridgehead atoms. The number of nitrogens with zero attached hydrogens (tertiary/aromatic N) is 3. The molecule has 1 aliphatic heterocycles. The van der Waals surface area contributed by atoms with Gasteiger partial charge in [0.05, 0.1) is 10.9 Å². The number of Topliss-reactive ketones (excluding diaryl/α,β-unsaturated/α-hetero) is 1. The van der Waals surface area contributed by atoms with Gasteiger partial charge >= 0.3 is 6.18 Å². The van der Waals surface area contributed by atoms with Crippen molar-refractivity contribution in [3.8, 4) is 0 Å². The second-order valence-corrected chi connectivity index (χ2v) is 5.26. The van der Waals surface area contributed by atoms with Crippen LogP contribution in [-0.4, -0.2) is 27.2 Å². The number of ketones is 1. The van der Waals surface area contributed by atoms with Gasteiger partial charge in [-0.2, -0.15) is 18.3 Å². The van der Waals surface area contributed by atoms with Gasteiger partial charge in [0.15, 0.2) is 17.7 Å². The number of fused-ring (bicyclic) bond motifs is 1. The molecule has 3 heterocycles. The average molecular weight is 313 g/mol. The number of aromatic nitrogens is 3. The number of alkyl halides is 3. The molecule has 5 nitrogen and oxygen atoms in total. The summed E-state index contributed by atoms with van der Waals surface area (Å²) >= 11 is 0. The average Bonchev–Trinajstić information content (AvgIpc) is 2.86. The lowest BCUT2D eigenvalue weighted by Crippen LogP contribution is -2.19. The van der Waals surface area contributed by atoms with Crippen LogP contribution < -0.4 is 0 Å². The van der Waals surface area contributed by atoms with Crippen LogP contribution in [0.3, 0.4) is 0 Å². The lowest BCUT2D eigenvalue weighted by Gasteiger charge is -2.23. The highest BCUT2D eigenvalue weighted by Gasteiger charge is 2.33. The van der Waals surface area contributed by atoms with E-state index in [-0.39, 0.29) is 16.7 Å². The van der Waals surface area contributed by atoms with Crippen LogP contribution in [0.1, 0.15) is 48.5 Å². The van der Waals surface area contributed by atoms with Crippen molar-refractivity contribution in [2.45, 2.75) is 38.6 Å². The van der Waals surface area contributed by atoms with Crippen LogP contribution in [0.5, 0.6) is 0 Å². The Labute approximate surface area is 124 Å². The van der Waals surface area contributed by atoms with Crippen LogP contribution in [0.25, 0.3) is 11.0 Å². The molecule has 8 heteroatoms. The third kappa shape index (κ3) is 2.58. The van der Waals surface area contributed by atoms with E-state index in [2.05, 4.69) is 10.1 Å². The quantitative estimate of drug-likeness (QED) is 0.798. The number of carbonyl (C=O) groups excluding carboxylic acids is 1. The first kappa shape index (κ1) is 15.0. The second kappa shape index (κ2) is 5.35. The third-order valence-corrected chi connectivity index (χ3v) is 3.64. The Balaban J connectivity index is 2.16. The smallest absolute Gasteiger partial charge is 0.356 e. The van der Waals surface area contributed by atoms with Crippen molar-refractivity contribution < 1.29 is 22.7 Å². The first-order valence-corrected chi connectivity index (χ1v) is 6.96. The van der Waals surface area contributed by atoms with Crippen LogP contribution >= 0.6 is 0 Å². The minimum absolute atomic E-state index is 0.0113. The lowest BCUT2D eigenvalue weighted by atomic mass is 10.1. The molecule has 0 spiro atoms. The Morgan fingerprint density at radius 3 is 2.77 bits per heavy atom. The fraction of sp³-hybridized carbons (Fsp3) is 0.500. The zero-order valence-corrected chi connectivity index (χ0v) is 11.9. The van der Waals surface area contributed by atoms with Gasteiger partial charge in [0.1, 0.15) is 5.69 Å². The Bertz CT molecular complexity index is 718. The first-order valence-electron chi connectivity index (χ1n) is 6.96. The summed E-state index contributed by atoms with van der Waals surface area (Å²) in [6.07, 6.45) is -1.60. The van der Waals surface area contributed by atoms with E-state index in [1.807, 2.05) is 0 Å². The van der Waals surface area contributed by atoms with E-state index in [1.54, 1.807) is 0 Å². The Hall–Kier alpha value is -1.96. The molecule has 2 aromatic rings. The predicted octanol–water partition coefficient (Wildman–Crippen LogP) is 3.35. The van der Waals surface area contributed by atoms with Gasteiger partial charge in [0.2, 0.25) is 0 Å². The summed E-state index contributed by atoms with van der Waals surface area (Å²) in [5.74, 6) is -0.402. The van der Waals surface area contributed by atoms with Crippen molar-refractivity contribution in [1.82, 2.24) is 14.8 Å². The minimum atomic E-state index is -4.52. The summed E-state index contributed by atoms with van der Waals surface area (Å²) in [5, 5.41) is 4.26. The molecule has 1 unspecified atom stereocenters. The molecule has 1 atom stereocenters. The van der Waals surface area contributed by atoms with Crippen molar-refractivity contribution in [3.05, 3.63) is 23.5 Å². The predicted molar refractivity (Wildman–Crippen MR) is 71.4 cm³/mol. The largest absolute Gasteiger partial charge is 0.417 e. The zero-order valence-electron chi connectivity index (χ0n) is 11.9. The molecule has 0 saturated carbocycles. The lowest BCUT2D eigenvalue weighted by molar-refractivity contribution is -0.137. The second-order valence-electron chi connectivity index (χ2n) is 5.26. The summed E-state index contributed by atoms with van der Waals surface area (Å²) in [6.45, 7) is 1.83. The molecule has 0 aromatic carbocycles. The zero-order chi connectivity index (χ0) is 15.9. The molecule has 118 valence electrons. The van der Waals surface area contributed by atoms with E-state index < -0.39 is 23.8 Å². The molecule has 0 radical (unpaired) electrons. The Morgan fingerprint density at radius 2 is 2.18 bits per heavy atom. The highest BCUT2D eigenvalue weighted by atomic mass is 19.4. The number of hydrogen-bond donors (Lipinski definition) is 0. The molecule has 0 N–H and O–H groups in total. The summed E-state index contributed by atoms with van der Waals surface area (Å²) in [5.41, 5.74) is -0.667. The van der Waals surface area contributed by atoms with Gasteiger partial charge in [-0.05, 0) is 25.3 Å². The van der Waals surface area contributed by atoms with E-state index >= 15 is 0 Å². The Kier molecular flexibility index (Phi) is 3.64. The maximum atomic E-state index is 12.8. The third-order valence-electron chi connectivity index (χ3n) is 3.64. The summed E-state index contributed by atoms with van der Waals surface area (Å²) < 4.78 is 45.5. The maximum absolute atomic E-state index is 12.8. The maximum Gasteiger partial charge on any atom is 0.417 e. The van der Waals surface area contributed by atoms with E-state index in [4.69, 9.17) is 4.74 Å². The fourth-order valence-electron chi connectivity index (χ4n) is 2.56. The molecule has 1 fully saturated rings. The number of rotatable bonds is 2.